The first-order valence-corrected chi connectivity index (χ1v) is 5.33. The molecule has 0 unspecified atom stereocenters. The molecule has 1 saturated heterocycles. The third-order valence-electron chi connectivity index (χ3n) is 2.52. The van der Waals surface area contributed by atoms with E-state index in [1.165, 1.54) is 6.07 Å². The van der Waals surface area contributed by atoms with Crippen molar-refractivity contribution in [2.75, 3.05) is 13.1 Å². The quantitative estimate of drug-likeness (QED) is 0.821. The normalized spacial score (nSPS) is 18.7. The van der Waals surface area contributed by atoms with Crippen LogP contribution in [0.4, 0.5) is 13.2 Å². The molecule has 1 nitrogen and oxygen atoms in total. The van der Waals surface area contributed by atoms with E-state index in [9.17, 15) is 13.2 Å². The Balaban J connectivity index is 2.30. The first kappa shape index (κ1) is 11.0. The summed E-state index contributed by atoms with van der Waals surface area (Å²) in [7, 11) is 0. The van der Waals surface area contributed by atoms with Crippen LogP contribution in [0.25, 0.3) is 0 Å². The van der Waals surface area contributed by atoms with E-state index in [1.54, 1.807) is 0 Å². The Labute approximate surface area is 93.8 Å². The molecule has 1 aliphatic rings. The summed E-state index contributed by atoms with van der Waals surface area (Å²) >= 11 is 2.95. The van der Waals surface area contributed by atoms with Crippen molar-refractivity contribution in [3.63, 3.8) is 0 Å². The maximum Gasteiger partial charge on any atom is 0.143 e. The lowest BCUT2D eigenvalue weighted by Crippen LogP contribution is -2.57. The molecule has 0 bridgehead atoms. The van der Waals surface area contributed by atoms with E-state index >= 15 is 0 Å². The Morgan fingerprint density at radius 1 is 1.33 bits per heavy atom. The molecule has 0 spiro atoms. The molecular weight excluding hydrogens is 271 g/mol. The number of alkyl halides is 1. The minimum atomic E-state index is -1.51. The highest BCUT2D eigenvalue weighted by Crippen LogP contribution is 2.28. The molecule has 1 fully saturated rings. The fraction of sp³-hybridized carbons (Fsp3) is 0.400. The van der Waals surface area contributed by atoms with Gasteiger partial charge in [-0.1, -0.05) is 0 Å². The molecule has 1 aromatic rings. The Morgan fingerprint density at radius 2 is 2.00 bits per heavy atom. The van der Waals surface area contributed by atoms with Gasteiger partial charge in [-0.2, -0.15) is 0 Å². The van der Waals surface area contributed by atoms with Crippen LogP contribution >= 0.6 is 15.9 Å². The van der Waals surface area contributed by atoms with E-state index in [-0.39, 0.29) is 29.5 Å². The first-order valence-electron chi connectivity index (χ1n) is 4.54. The van der Waals surface area contributed by atoms with Crippen LogP contribution in [0.1, 0.15) is 5.56 Å². The summed E-state index contributed by atoms with van der Waals surface area (Å²) < 4.78 is 40.6. The van der Waals surface area contributed by atoms with Gasteiger partial charge >= 0.3 is 0 Å². The fourth-order valence-electron chi connectivity index (χ4n) is 1.57. The molecule has 2 rings (SSSR count). The zero-order valence-corrected chi connectivity index (χ0v) is 9.37. The van der Waals surface area contributed by atoms with Crippen LogP contribution in [0.15, 0.2) is 16.6 Å². The van der Waals surface area contributed by atoms with Gasteiger partial charge in [0.25, 0.3) is 0 Å². The maximum absolute atomic E-state index is 13.7. The minimum Gasteiger partial charge on any atom is -0.310 e. The van der Waals surface area contributed by atoms with Gasteiger partial charge in [-0.3, -0.25) is 0 Å². The minimum absolute atomic E-state index is 0.151. The molecule has 1 aromatic carbocycles. The molecule has 0 amide bonds. The van der Waals surface area contributed by atoms with Gasteiger partial charge in [0.05, 0.1) is 4.47 Å². The third kappa shape index (κ3) is 2.03. The molecule has 0 aliphatic carbocycles. The van der Waals surface area contributed by atoms with E-state index < -0.39 is 17.3 Å². The van der Waals surface area contributed by atoms with Gasteiger partial charge in [0.15, 0.2) is 0 Å². The van der Waals surface area contributed by atoms with Crippen LogP contribution in [-0.2, 0) is 6.42 Å². The lowest BCUT2D eigenvalue weighted by atomic mass is 9.90. The van der Waals surface area contributed by atoms with E-state index in [0.717, 1.165) is 6.07 Å². The highest BCUT2D eigenvalue weighted by atomic mass is 79.9. The van der Waals surface area contributed by atoms with Crippen molar-refractivity contribution >= 4 is 15.9 Å². The van der Waals surface area contributed by atoms with Crippen molar-refractivity contribution in [3.05, 3.63) is 33.8 Å². The summed E-state index contributed by atoms with van der Waals surface area (Å²) in [6.07, 6.45) is -0.225. The summed E-state index contributed by atoms with van der Waals surface area (Å²) in [4.78, 5) is 0. The predicted octanol–water partition coefficient (Wildman–Crippen LogP) is 2.58. The highest BCUT2D eigenvalue weighted by molar-refractivity contribution is 9.10. The van der Waals surface area contributed by atoms with Gasteiger partial charge in [0.1, 0.15) is 17.3 Å². The van der Waals surface area contributed by atoms with Crippen molar-refractivity contribution in [2.24, 2.45) is 0 Å². The second-order valence-corrected chi connectivity index (χ2v) is 4.61. The Morgan fingerprint density at radius 3 is 2.53 bits per heavy atom. The Kier molecular flexibility index (Phi) is 2.77. The van der Waals surface area contributed by atoms with Gasteiger partial charge in [-0.25, -0.2) is 13.2 Å². The highest BCUT2D eigenvalue weighted by Gasteiger charge is 2.38. The van der Waals surface area contributed by atoms with Gasteiger partial charge in [-0.15, -0.1) is 0 Å². The third-order valence-corrected chi connectivity index (χ3v) is 3.13. The van der Waals surface area contributed by atoms with Gasteiger partial charge in [0, 0.05) is 25.1 Å². The number of nitrogens with one attached hydrogen (secondary N) is 1. The van der Waals surface area contributed by atoms with E-state index in [1.807, 2.05) is 0 Å². The van der Waals surface area contributed by atoms with Crippen molar-refractivity contribution < 1.29 is 13.2 Å². The molecular formula is C10H9BrF3N. The zero-order valence-electron chi connectivity index (χ0n) is 7.79. The maximum atomic E-state index is 13.7. The van der Waals surface area contributed by atoms with Gasteiger partial charge in [-0.05, 0) is 28.1 Å². The van der Waals surface area contributed by atoms with Crippen LogP contribution in [-0.4, -0.2) is 18.8 Å². The molecule has 5 heteroatoms. The van der Waals surface area contributed by atoms with Gasteiger partial charge in [0.2, 0.25) is 0 Å². The molecule has 0 aromatic heterocycles. The Bertz CT molecular complexity index is 390. The predicted molar refractivity (Wildman–Crippen MR) is 54.5 cm³/mol. The van der Waals surface area contributed by atoms with E-state index in [0.29, 0.717) is 0 Å². The van der Waals surface area contributed by atoms with Crippen molar-refractivity contribution in [1.82, 2.24) is 5.32 Å². The van der Waals surface area contributed by atoms with Crippen molar-refractivity contribution in [1.29, 1.82) is 0 Å². The molecule has 0 saturated carbocycles. The van der Waals surface area contributed by atoms with Gasteiger partial charge < -0.3 is 5.32 Å². The number of hydrogen-bond donors (Lipinski definition) is 1. The fourth-order valence-corrected chi connectivity index (χ4v) is 1.94. The second-order valence-electron chi connectivity index (χ2n) is 3.75. The van der Waals surface area contributed by atoms with Crippen LogP contribution in [0.5, 0.6) is 0 Å². The van der Waals surface area contributed by atoms with Crippen LogP contribution in [0.2, 0.25) is 0 Å². The van der Waals surface area contributed by atoms with Crippen molar-refractivity contribution in [3.8, 4) is 0 Å². The average Bonchev–Trinajstić information content (AvgIpc) is 2.16. The summed E-state index contributed by atoms with van der Waals surface area (Å²) in [5, 5.41) is 2.74. The molecule has 0 atom stereocenters. The number of hydrogen-bond acceptors (Lipinski definition) is 1. The Hall–Kier alpha value is -0.550. The average molecular weight is 280 g/mol. The lowest BCUT2D eigenvalue weighted by Gasteiger charge is -2.35. The number of benzene rings is 1. The molecule has 0 radical (unpaired) electrons. The first-order chi connectivity index (χ1) is 7.02. The lowest BCUT2D eigenvalue weighted by molar-refractivity contribution is 0.0889. The number of halogens is 4. The van der Waals surface area contributed by atoms with E-state index in [2.05, 4.69) is 21.2 Å². The van der Waals surface area contributed by atoms with E-state index in [4.69, 9.17) is 0 Å². The molecule has 1 heterocycles. The SMILES string of the molecule is Fc1ccc(Br)c(F)c1CC1(F)CNC1. The zero-order chi connectivity index (χ0) is 11.1. The number of rotatable bonds is 2. The van der Waals surface area contributed by atoms with Crippen molar-refractivity contribution in [2.45, 2.75) is 12.1 Å². The topological polar surface area (TPSA) is 12.0 Å². The summed E-state index contributed by atoms with van der Waals surface area (Å²) in [6, 6.07) is 2.41. The standard InChI is InChI=1S/C10H9BrF3N/c11-7-1-2-8(12)6(9(7)13)3-10(14)4-15-5-10/h1-2,15H,3-5H2. The molecule has 15 heavy (non-hydrogen) atoms. The van der Waals surface area contributed by atoms with Crippen LogP contribution < -0.4 is 5.32 Å². The smallest absolute Gasteiger partial charge is 0.143 e. The monoisotopic (exact) mass is 279 g/mol. The molecule has 1 aliphatic heterocycles. The van der Waals surface area contributed by atoms with Crippen LogP contribution in [0.3, 0.4) is 0 Å². The summed E-state index contributed by atoms with van der Waals surface area (Å²) in [5.41, 5.74) is -1.70. The molecule has 1 N–H and O–H groups in total. The largest absolute Gasteiger partial charge is 0.310 e. The molecule has 82 valence electrons. The second kappa shape index (κ2) is 3.79. The van der Waals surface area contributed by atoms with Crippen LogP contribution in [0, 0.1) is 11.6 Å². The summed E-state index contributed by atoms with van der Waals surface area (Å²) in [5.74, 6) is -1.40. The summed E-state index contributed by atoms with van der Waals surface area (Å²) in [6.45, 7) is 0.302.